The molecule has 0 saturated carbocycles. The van der Waals surface area contributed by atoms with Gasteiger partial charge in [-0.15, -0.1) is 11.3 Å². The lowest BCUT2D eigenvalue weighted by Crippen LogP contribution is -2.70. The van der Waals surface area contributed by atoms with E-state index in [1.807, 2.05) is 26.0 Å². The molecule has 62 heavy (non-hydrogen) atoms. The maximum absolute atomic E-state index is 15.0. The molecule has 13 nitrogen and oxygen atoms in total. The predicted octanol–water partition coefficient (Wildman–Crippen LogP) is 6.59. The molecule has 5 atom stereocenters. The van der Waals surface area contributed by atoms with E-state index in [4.69, 9.17) is 44.1 Å². The predicted molar refractivity (Wildman–Crippen MR) is 239 cm³/mol. The molecule has 0 amide bonds. The summed E-state index contributed by atoms with van der Waals surface area (Å²) in [7, 11) is -3.02. The minimum Gasteiger partial charge on any atom is -0.458 e. The summed E-state index contributed by atoms with van der Waals surface area (Å²) in [5, 5.41) is 17.2. The number of hydrogen-bond donors (Lipinski definition) is 1. The Morgan fingerprint density at radius 2 is 1.71 bits per heavy atom. The summed E-state index contributed by atoms with van der Waals surface area (Å²) in [5.41, 5.74) is 5.65. The van der Waals surface area contributed by atoms with Gasteiger partial charge in [-0.25, -0.2) is 4.39 Å². The Hall–Kier alpha value is -4.79. The lowest BCUT2D eigenvalue weighted by molar-refractivity contribution is -0.000411. The summed E-state index contributed by atoms with van der Waals surface area (Å²) in [6.45, 7) is 15.8. The van der Waals surface area contributed by atoms with E-state index in [1.165, 1.54) is 21.7 Å². The molecular weight excluding hydrogens is 822 g/mol. The van der Waals surface area contributed by atoms with Crippen LogP contribution in [0.1, 0.15) is 95.5 Å². The fraction of sp³-hybridized carbons (Fsp3) is 0.522. The number of aryl methyl sites for hydroxylation is 1. The van der Waals surface area contributed by atoms with Crippen molar-refractivity contribution < 1.29 is 22.8 Å². The first-order chi connectivity index (χ1) is 29.7. The van der Waals surface area contributed by atoms with Crippen LogP contribution in [0.25, 0.3) is 11.6 Å². The van der Waals surface area contributed by atoms with Crippen LogP contribution in [0.5, 0.6) is 6.01 Å². The van der Waals surface area contributed by atoms with Crippen molar-refractivity contribution in [1.29, 1.82) is 5.26 Å². The maximum atomic E-state index is 15.0. The second kappa shape index (κ2) is 16.1. The van der Waals surface area contributed by atoms with Crippen molar-refractivity contribution in [3.05, 3.63) is 82.6 Å². The second-order valence-electron chi connectivity index (χ2n) is 19.0. The Balaban J connectivity index is 1.11. The number of aromatic nitrogens is 5. The number of halogens is 1. The molecule has 3 aromatic heterocycles. The third-order valence-electron chi connectivity index (χ3n) is 13.7. The largest absolute Gasteiger partial charge is 0.458 e. The number of thiophene rings is 1. The minimum atomic E-state index is -3.02. The van der Waals surface area contributed by atoms with Crippen molar-refractivity contribution in [2.45, 2.75) is 114 Å². The molecule has 2 aromatic carbocycles. The molecule has 6 heterocycles. The Kier molecular flexibility index (Phi) is 11.0. The van der Waals surface area contributed by atoms with Crippen molar-refractivity contribution in [3.63, 3.8) is 0 Å². The highest BCUT2D eigenvalue weighted by Gasteiger charge is 2.55. The van der Waals surface area contributed by atoms with Crippen molar-refractivity contribution in [2.24, 2.45) is 0 Å². The molecular formula is C46H56FN9O4SSi. The molecule has 1 aliphatic carbocycles. The normalized spacial score (nSPS) is 26.1. The zero-order chi connectivity index (χ0) is 43.5. The molecule has 3 saturated heterocycles. The SMILES string of the molecule is CC(Oc1nc(-c2noc([C@@]3(C)CCCc4sc(N)c(C#N)c43)n2)nc(N2CCOCC(C)(O[Si](c3ccccc3)(c3ccccc3)C(C)(C)C)C2)n1)[C@@]12CCCN1C[C@H](F)C2. The fourth-order valence-corrected chi connectivity index (χ4v) is 16.8. The Morgan fingerprint density at radius 3 is 2.40 bits per heavy atom. The van der Waals surface area contributed by atoms with Crippen LogP contribution in [0.3, 0.4) is 0 Å². The van der Waals surface area contributed by atoms with Crippen LogP contribution in [0.4, 0.5) is 15.3 Å². The average Bonchev–Trinajstić information content (AvgIpc) is 4.02. The van der Waals surface area contributed by atoms with Crippen LogP contribution in [-0.2, 0) is 21.0 Å². The van der Waals surface area contributed by atoms with Gasteiger partial charge < -0.3 is 29.1 Å². The summed E-state index contributed by atoms with van der Waals surface area (Å²) < 4.78 is 41.9. The van der Waals surface area contributed by atoms with Gasteiger partial charge in [0.15, 0.2) is 0 Å². The summed E-state index contributed by atoms with van der Waals surface area (Å²) >= 11 is 1.45. The molecule has 4 aliphatic rings. The molecule has 16 heteroatoms. The van der Waals surface area contributed by atoms with Crippen LogP contribution >= 0.6 is 11.3 Å². The first-order valence-corrected chi connectivity index (χ1v) is 24.5. The summed E-state index contributed by atoms with van der Waals surface area (Å²) in [4.78, 5) is 25.2. The van der Waals surface area contributed by atoms with E-state index in [-0.39, 0.29) is 22.7 Å². The number of alkyl halides is 1. The van der Waals surface area contributed by atoms with E-state index in [0.717, 1.165) is 42.7 Å². The summed E-state index contributed by atoms with van der Waals surface area (Å²) in [5.74, 6) is 1.05. The highest BCUT2D eigenvalue weighted by atomic mass is 32.1. The number of nitrogens with two attached hydrogens (primary N) is 1. The second-order valence-corrected chi connectivity index (χ2v) is 24.4. The topological polar surface area (TPSA) is 162 Å². The van der Waals surface area contributed by atoms with E-state index < -0.39 is 37.1 Å². The molecule has 0 bridgehead atoms. The van der Waals surface area contributed by atoms with Gasteiger partial charge in [0.25, 0.3) is 8.32 Å². The van der Waals surface area contributed by atoms with Crippen molar-refractivity contribution in [1.82, 2.24) is 30.0 Å². The summed E-state index contributed by atoms with van der Waals surface area (Å²) in [6.07, 6.45) is 3.27. The number of anilines is 2. The van der Waals surface area contributed by atoms with E-state index in [2.05, 4.69) is 97.3 Å². The highest BCUT2D eigenvalue weighted by Crippen LogP contribution is 2.49. The fourth-order valence-electron chi connectivity index (χ4n) is 10.8. The number of ether oxygens (including phenoxy) is 2. The van der Waals surface area contributed by atoms with Gasteiger partial charge in [0.2, 0.25) is 23.5 Å². The molecule has 2 unspecified atom stereocenters. The molecule has 3 fully saturated rings. The third kappa shape index (κ3) is 7.29. The quantitative estimate of drug-likeness (QED) is 0.150. The number of nitriles is 1. The standard InChI is InChI=1S/C46H56FN9O4SSi/c1-30(46-21-14-22-56(46)27-31(47)25-46)58-42-52-38(39-50-40(59-54-39)45(6)20-13-19-35-36(45)34(26-48)37(49)61-35)51-41(53-42)55-23-24-57-29-44(5,28-55)60-62(43(2,3)4,32-15-9-7-10-16-32)33-17-11-8-12-18-33/h7-12,15-18,30-31H,13-14,19-25,27-29,49H2,1-6H3/t30?,31-,44?,45+,46+/m1/s1. The number of hydrogen-bond acceptors (Lipinski definition) is 14. The molecule has 2 N–H and O–H groups in total. The van der Waals surface area contributed by atoms with E-state index in [1.54, 1.807) is 0 Å². The van der Waals surface area contributed by atoms with Crippen LogP contribution < -0.4 is 25.7 Å². The third-order valence-corrected chi connectivity index (χ3v) is 20.0. The molecule has 3 aliphatic heterocycles. The first kappa shape index (κ1) is 42.5. The molecule has 5 aromatic rings. The monoisotopic (exact) mass is 877 g/mol. The minimum absolute atomic E-state index is 0.0932. The zero-order valence-corrected chi connectivity index (χ0v) is 38.3. The first-order valence-electron chi connectivity index (χ1n) is 21.8. The van der Waals surface area contributed by atoms with Crippen molar-refractivity contribution in [3.8, 4) is 23.7 Å². The molecule has 0 radical (unpaired) electrons. The molecule has 326 valence electrons. The lowest BCUT2D eigenvalue weighted by Gasteiger charge is -2.48. The molecule has 0 spiro atoms. The van der Waals surface area contributed by atoms with E-state index in [9.17, 15) is 5.26 Å². The van der Waals surface area contributed by atoms with Gasteiger partial charge >= 0.3 is 6.01 Å². The van der Waals surface area contributed by atoms with Gasteiger partial charge in [-0.1, -0.05) is 86.6 Å². The number of nitrogens with zero attached hydrogens (tertiary/aromatic N) is 8. The van der Waals surface area contributed by atoms with Gasteiger partial charge in [0.1, 0.15) is 23.3 Å². The lowest BCUT2D eigenvalue weighted by atomic mass is 9.72. The van der Waals surface area contributed by atoms with Gasteiger partial charge in [-0.05, 0) is 74.8 Å². The van der Waals surface area contributed by atoms with Crippen LogP contribution in [0.15, 0.2) is 65.2 Å². The number of fused-ring (bicyclic) bond motifs is 2. The van der Waals surface area contributed by atoms with Crippen LogP contribution in [0.2, 0.25) is 5.04 Å². The van der Waals surface area contributed by atoms with Crippen LogP contribution in [0, 0.1) is 11.3 Å². The average molecular weight is 878 g/mol. The van der Waals surface area contributed by atoms with Gasteiger partial charge in [0, 0.05) is 30.0 Å². The number of benzene rings is 2. The van der Waals surface area contributed by atoms with E-state index >= 15 is 4.39 Å². The molecule has 9 rings (SSSR count). The zero-order valence-electron chi connectivity index (χ0n) is 36.5. The Morgan fingerprint density at radius 1 is 0.984 bits per heavy atom. The Bertz CT molecular complexity index is 2420. The van der Waals surface area contributed by atoms with Crippen molar-refractivity contribution >= 4 is 41.0 Å². The van der Waals surface area contributed by atoms with Gasteiger partial charge in [-0.2, -0.15) is 25.2 Å². The highest BCUT2D eigenvalue weighted by molar-refractivity contribution is 7.16. The number of nitrogen functional groups attached to an aromatic ring is 1. The maximum Gasteiger partial charge on any atom is 0.322 e. The van der Waals surface area contributed by atoms with Crippen molar-refractivity contribution in [2.75, 3.05) is 50.0 Å². The van der Waals surface area contributed by atoms with Gasteiger partial charge in [-0.3, -0.25) is 4.90 Å². The smallest absolute Gasteiger partial charge is 0.322 e. The number of rotatable bonds is 10. The Labute approximate surface area is 368 Å². The van der Waals surface area contributed by atoms with E-state index in [0.29, 0.717) is 68.1 Å². The van der Waals surface area contributed by atoms with Gasteiger partial charge in [0.05, 0.1) is 41.9 Å². The summed E-state index contributed by atoms with van der Waals surface area (Å²) in [6, 6.07) is 23.6. The van der Waals surface area contributed by atoms with Crippen LogP contribution in [-0.4, -0.2) is 101 Å².